The van der Waals surface area contributed by atoms with Gasteiger partial charge in [0.2, 0.25) is 0 Å². The molecule has 0 aromatic heterocycles. The first-order chi connectivity index (χ1) is 25.0. The van der Waals surface area contributed by atoms with Crippen LogP contribution in [0, 0.1) is 6.92 Å². The lowest BCUT2D eigenvalue weighted by molar-refractivity contribution is 0.0697. The summed E-state index contributed by atoms with van der Waals surface area (Å²) >= 11 is 24.3. The number of aryl methyl sites for hydroxylation is 1. The zero-order valence-electron chi connectivity index (χ0n) is 27.2. The number of ether oxygens (including phenoxy) is 2. The first-order valence-corrected chi connectivity index (χ1v) is 17.0. The van der Waals surface area contributed by atoms with Gasteiger partial charge in [-0.05, 0) is 79.2 Å². The zero-order chi connectivity index (χ0) is 37.2. The topological polar surface area (TPSA) is 114 Å². The van der Waals surface area contributed by atoms with Gasteiger partial charge in [-0.1, -0.05) is 101 Å². The standard InChI is InChI=1S/C20H13Cl2NO4.C20H15Cl2NO2/c21-15-7-4-8-16(22)18(15)19(24)23-17-11-13(9-10-14(17)20(25)26)27-12-5-2-1-3-6-12;1-13-10-11-15(25-14-6-3-2-4-7-14)12-18(13)23-20(24)19-16(21)8-5-9-17(19)22/h1-11H,(H,23,24)(H,25,26);2-12H,1H3,(H,23,24). The van der Waals surface area contributed by atoms with E-state index in [2.05, 4.69) is 10.6 Å². The Hall–Kier alpha value is -5.51. The van der Waals surface area contributed by atoms with Crippen LogP contribution in [0.1, 0.15) is 36.6 Å². The van der Waals surface area contributed by atoms with Crippen LogP contribution in [0.3, 0.4) is 0 Å². The molecule has 6 aromatic rings. The summed E-state index contributed by atoms with van der Waals surface area (Å²) in [5.41, 5.74) is 1.82. The van der Waals surface area contributed by atoms with E-state index in [0.717, 1.165) is 11.3 Å². The van der Waals surface area contributed by atoms with E-state index in [-0.39, 0.29) is 38.3 Å². The Morgan fingerprint density at radius 2 is 0.904 bits per heavy atom. The molecular formula is C40H28Cl4N2O6. The van der Waals surface area contributed by atoms with Crippen LogP contribution in [-0.2, 0) is 0 Å². The number of carbonyl (C=O) groups excluding carboxylic acids is 2. The van der Waals surface area contributed by atoms with E-state index in [9.17, 15) is 19.5 Å². The van der Waals surface area contributed by atoms with Gasteiger partial charge in [0.05, 0.1) is 42.5 Å². The molecule has 0 radical (unpaired) electrons. The number of nitrogens with one attached hydrogen (secondary N) is 2. The van der Waals surface area contributed by atoms with Gasteiger partial charge in [0, 0.05) is 17.8 Å². The monoisotopic (exact) mass is 772 g/mol. The van der Waals surface area contributed by atoms with Crippen molar-refractivity contribution in [3.63, 3.8) is 0 Å². The summed E-state index contributed by atoms with van der Waals surface area (Å²) in [6, 6.07) is 37.8. The molecular weight excluding hydrogens is 746 g/mol. The predicted molar refractivity (Wildman–Crippen MR) is 206 cm³/mol. The number of amides is 2. The van der Waals surface area contributed by atoms with Crippen LogP contribution in [0.5, 0.6) is 23.0 Å². The molecule has 0 fully saturated rings. The SMILES string of the molecule is Cc1ccc(Oc2ccccc2)cc1NC(=O)c1c(Cl)cccc1Cl.O=C(O)c1ccc(Oc2ccccc2)cc1NC(=O)c1c(Cl)cccc1Cl. The van der Waals surface area contributed by atoms with E-state index in [1.165, 1.54) is 30.3 Å². The van der Waals surface area contributed by atoms with Crippen LogP contribution in [0.15, 0.2) is 133 Å². The van der Waals surface area contributed by atoms with Crippen molar-refractivity contribution < 1.29 is 29.0 Å². The summed E-state index contributed by atoms with van der Waals surface area (Å²) in [6.07, 6.45) is 0. The molecule has 8 nitrogen and oxygen atoms in total. The summed E-state index contributed by atoms with van der Waals surface area (Å²) in [5.74, 6) is 0.108. The van der Waals surface area contributed by atoms with Crippen molar-refractivity contribution in [2.45, 2.75) is 6.92 Å². The molecule has 3 N–H and O–H groups in total. The minimum atomic E-state index is -1.19. The van der Waals surface area contributed by atoms with Gasteiger partial charge < -0.3 is 25.2 Å². The Bertz CT molecular complexity index is 2190. The van der Waals surface area contributed by atoms with Gasteiger partial charge in [0.1, 0.15) is 23.0 Å². The minimum Gasteiger partial charge on any atom is -0.478 e. The summed E-state index contributed by atoms with van der Waals surface area (Å²) in [7, 11) is 0. The maximum absolute atomic E-state index is 12.6. The second-order valence-electron chi connectivity index (χ2n) is 10.9. The number of hydrogen-bond acceptors (Lipinski definition) is 5. The fourth-order valence-corrected chi connectivity index (χ4v) is 5.86. The van der Waals surface area contributed by atoms with Crippen LogP contribution >= 0.6 is 46.4 Å². The molecule has 6 aromatic carbocycles. The van der Waals surface area contributed by atoms with E-state index in [4.69, 9.17) is 55.9 Å². The van der Waals surface area contributed by atoms with Crippen LogP contribution in [-0.4, -0.2) is 22.9 Å². The Morgan fingerprint density at radius 3 is 1.35 bits per heavy atom. The van der Waals surface area contributed by atoms with Gasteiger partial charge in [0.15, 0.2) is 0 Å². The van der Waals surface area contributed by atoms with Crippen LogP contribution in [0.25, 0.3) is 0 Å². The molecule has 0 unspecified atom stereocenters. The number of para-hydroxylation sites is 2. The summed E-state index contributed by atoms with van der Waals surface area (Å²) in [5, 5.41) is 15.7. The molecule has 12 heteroatoms. The molecule has 0 bridgehead atoms. The molecule has 0 atom stereocenters. The highest BCUT2D eigenvalue weighted by Crippen LogP contribution is 2.31. The minimum absolute atomic E-state index is 0.0616. The highest BCUT2D eigenvalue weighted by atomic mass is 35.5. The van der Waals surface area contributed by atoms with Crippen molar-refractivity contribution in [1.82, 2.24) is 0 Å². The van der Waals surface area contributed by atoms with Gasteiger partial charge in [-0.25, -0.2) is 4.79 Å². The maximum Gasteiger partial charge on any atom is 0.337 e. The van der Waals surface area contributed by atoms with Gasteiger partial charge in [-0.15, -0.1) is 0 Å². The number of benzene rings is 6. The number of carboxylic acids is 1. The van der Waals surface area contributed by atoms with E-state index in [1.54, 1.807) is 42.5 Å². The molecule has 0 saturated heterocycles. The van der Waals surface area contributed by atoms with Gasteiger partial charge in [-0.3, -0.25) is 9.59 Å². The number of carboxylic acid groups (broad SMARTS) is 1. The molecule has 6 rings (SSSR count). The molecule has 0 aliphatic carbocycles. The number of carbonyl (C=O) groups is 3. The fourth-order valence-electron chi connectivity index (χ4n) is 4.72. The second kappa shape index (κ2) is 17.6. The van der Waals surface area contributed by atoms with Crippen LogP contribution in [0.2, 0.25) is 20.1 Å². The normalized spacial score (nSPS) is 10.3. The molecule has 262 valence electrons. The van der Waals surface area contributed by atoms with Gasteiger partial charge in [0.25, 0.3) is 11.8 Å². The summed E-state index contributed by atoms with van der Waals surface area (Å²) < 4.78 is 11.5. The zero-order valence-corrected chi connectivity index (χ0v) is 30.2. The lowest BCUT2D eigenvalue weighted by Crippen LogP contribution is -2.16. The smallest absolute Gasteiger partial charge is 0.337 e. The number of aromatic carboxylic acids is 1. The highest BCUT2D eigenvalue weighted by Gasteiger charge is 2.19. The molecule has 0 aliphatic heterocycles. The molecule has 0 heterocycles. The summed E-state index contributed by atoms with van der Waals surface area (Å²) in [4.78, 5) is 36.6. The van der Waals surface area contributed by atoms with Crippen LogP contribution in [0.4, 0.5) is 11.4 Å². The third-order valence-electron chi connectivity index (χ3n) is 7.26. The molecule has 0 saturated carbocycles. The van der Waals surface area contributed by atoms with Crippen molar-refractivity contribution in [3.8, 4) is 23.0 Å². The lowest BCUT2D eigenvalue weighted by Gasteiger charge is -2.13. The van der Waals surface area contributed by atoms with E-state index in [0.29, 0.717) is 33.0 Å². The predicted octanol–water partition coefficient (Wildman–Crippen LogP) is 12.1. The number of halogens is 4. The molecule has 52 heavy (non-hydrogen) atoms. The van der Waals surface area contributed by atoms with Crippen molar-refractivity contribution in [3.05, 3.63) is 176 Å². The molecule has 0 aliphatic rings. The van der Waals surface area contributed by atoms with Crippen molar-refractivity contribution >= 4 is 75.6 Å². The average Bonchev–Trinajstić information content (AvgIpc) is 3.11. The van der Waals surface area contributed by atoms with E-state index >= 15 is 0 Å². The number of rotatable bonds is 9. The first kappa shape index (κ1) is 37.7. The summed E-state index contributed by atoms with van der Waals surface area (Å²) in [6.45, 7) is 1.90. The quantitative estimate of drug-likeness (QED) is 0.135. The fraction of sp³-hybridized carbons (Fsp3) is 0.0250. The Kier molecular flexibility index (Phi) is 12.8. The third-order valence-corrected chi connectivity index (χ3v) is 8.52. The molecule has 0 spiro atoms. The van der Waals surface area contributed by atoms with Crippen molar-refractivity contribution in [2.75, 3.05) is 10.6 Å². The first-order valence-electron chi connectivity index (χ1n) is 15.4. The Balaban J connectivity index is 0.000000202. The second-order valence-corrected chi connectivity index (χ2v) is 12.5. The lowest BCUT2D eigenvalue weighted by atomic mass is 10.1. The number of anilines is 2. The third kappa shape index (κ3) is 9.84. The Labute approximate surface area is 319 Å². The van der Waals surface area contributed by atoms with E-state index in [1.807, 2.05) is 67.6 Å². The van der Waals surface area contributed by atoms with Crippen molar-refractivity contribution in [2.24, 2.45) is 0 Å². The highest BCUT2D eigenvalue weighted by molar-refractivity contribution is 6.41. The van der Waals surface area contributed by atoms with E-state index < -0.39 is 11.9 Å². The number of hydrogen-bond donors (Lipinski definition) is 3. The van der Waals surface area contributed by atoms with Crippen LogP contribution < -0.4 is 20.1 Å². The molecule has 2 amide bonds. The largest absolute Gasteiger partial charge is 0.478 e. The Morgan fingerprint density at radius 1 is 0.500 bits per heavy atom. The van der Waals surface area contributed by atoms with Gasteiger partial charge in [-0.2, -0.15) is 0 Å². The maximum atomic E-state index is 12.6. The average molecular weight is 774 g/mol. The van der Waals surface area contributed by atoms with Gasteiger partial charge >= 0.3 is 5.97 Å². The van der Waals surface area contributed by atoms with Crippen molar-refractivity contribution in [1.29, 1.82) is 0 Å².